The van der Waals surface area contributed by atoms with Crippen LogP contribution in [0.3, 0.4) is 0 Å². The van der Waals surface area contributed by atoms with Gasteiger partial charge in [0, 0.05) is 6.54 Å². The molecule has 0 bridgehead atoms. The summed E-state index contributed by atoms with van der Waals surface area (Å²) in [4.78, 5) is 2.36. The van der Waals surface area contributed by atoms with Crippen molar-refractivity contribution in [2.24, 2.45) is 0 Å². The Labute approximate surface area is 59.1 Å². The molecule has 0 unspecified atom stereocenters. The molecule has 1 heteroatoms. The molecule has 0 saturated carbocycles. The lowest BCUT2D eigenvalue weighted by atomic mass is 10.3. The first-order chi connectivity index (χ1) is 4.35. The second-order valence-electron chi connectivity index (χ2n) is 2.22. The molecule has 0 aromatic rings. The molecule has 0 amide bonds. The van der Waals surface area contributed by atoms with Crippen LogP contribution in [-0.4, -0.2) is 18.0 Å². The van der Waals surface area contributed by atoms with E-state index in [9.17, 15) is 0 Å². The average Bonchev–Trinajstić information content (AvgIpc) is 1.88. The third-order valence-corrected chi connectivity index (χ3v) is 1.36. The van der Waals surface area contributed by atoms with Gasteiger partial charge in [-0.3, -0.25) is 4.90 Å². The summed E-state index contributed by atoms with van der Waals surface area (Å²) in [7, 11) is 0. The monoisotopic (exact) mass is 128 g/mol. The van der Waals surface area contributed by atoms with Crippen molar-refractivity contribution in [3.63, 3.8) is 0 Å². The predicted molar refractivity (Wildman–Crippen MR) is 42.1 cm³/mol. The van der Waals surface area contributed by atoms with E-state index >= 15 is 0 Å². The van der Waals surface area contributed by atoms with Crippen LogP contribution in [-0.2, 0) is 0 Å². The van der Waals surface area contributed by atoms with Crippen molar-refractivity contribution in [1.82, 2.24) is 4.90 Å². The first-order valence-corrected chi connectivity index (χ1v) is 3.92. The highest BCUT2D eigenvalue weighted by Gasteiger charge is 1.96. The van der Waals surface area contributed by atoms with E-state index in [4.69, 9.17) is 0 Å². The molecule has 55 valence electrons. The highest BCUT2D eigenvalue weighted by Crippen LogP contribution is 1.96. The molecule has 1 radical (unpaired) electrons. The van der Waals surface area contributed by atoms with Gasteiger partial charge in [-0.15, -0.1) is 0 Å². The molecule has 0 aliphatic rings. The highest BCUT2D eigenvalue weighted by molar-refractivity contribution is 4.63. The Morgan fingerprint density at radius 1 is 1.22 bits per heavy atom. The molecule has 0 atom stereocenters. The first kappa shape index (κ1) is 8.96. The van der Waals surface area contributed by atoms with Crippen LogP contribution in [0.4, 0.5) is 0 Å². The van der Waals surface area contributed by atoms with Crippen LogP contribution in [0.25, 0.3) is 0 Å². The van der Waals surface area contributed by atoms with Crippen molar-refractivity contribution >= 4 is 0 Å². The van der Waals surface area contributed by atoms with Gasteiger partial charge in [-0.25, -0.2) is 0 Å². The molecular weight excluding hydrogens is 110 g/mol. The van der Waals surface area contributed by atoms with Gasteiger partial charge in [0.2, 0.25) is 0 Å². The molecule has 0 aliphatic carbocycles. The van der Waals surface area contributed by atoms with Crippen molar-refractivity contribution in [3.05, 3.63) is 6.54 Å². The fraction of sp³-hybridized carbons (Fsp3) is 0.875. The van der Waals surface area contributed by atoms with E-state index in [0.29, 0.717) is 0 Å². The smallest absolute Gasteiger partial charge is 0.0248 e. The molecule has 0 N–H and O–H groups in total. The largest absolute Gasteiger partial charge is 0.299 e. The van der Waals surface area contributed by atoms with Crippen LogP contribution in [0.1, 0.15) is 33.6 Å². The molecule has 0 spiro atoms. The van der Waals surface area contributed by atoms with Gasteiger partial charge in [-0.2, -0.15) is 0 Å². The van der Waals surface area contributed by atoms with E-state index in [2.05, 4.69) is 32.2 Å². The summed E-state index contributed by atoms with van der Waals surface area (Å²) in [5, 5.41) is 0. The number of nitrogens with zero attached hydrogens (tertiary/aromatic N) is 1. The lowest BCUT2D eigenvalue weighted by Crippen LogP contribution is -2.20. The summed E-state index contributed by atoms with van der Waals surface area (Å²) < 4.78 is 0. The third-order valence-electron chi connectivity index (χ3n) is 1.36. The summed E-state index contributed by atoms with van der Waals surface area (Å²) in [5.41, 5.74) is 0. The maximum Gasteiger partial charge on any atom is 0.0248 e. The maximum absolute atomic E-state index is 2.36. The van der Waals surface area contributed by atoms with E-state index < -0.39 is 0 Å². The van der Waals surface area contributed by atoms with Crippen molar-refractivity contribution in [2.75, 3.05) is 13.1 Å². The zero-order valence-corrected chi connectivity index (χ0v) is 6.85. The lowest BCUT2D eigenvalue weighted by Gasteiger charge is -2.16. The van der Waals surface area contributed by atoms with Gasteiger partial charge >= 0.3 is 0 Å². The molecule has 1 nitrogen and oxygen atoms in total. The van der Waals surface area contributed by atoms with Gasteiger partial charge in [0.05, 0.1) is 0 Å². The van der Waals surface area contributed by atoms with E-state index in [0.717, 1.165) is 13.0 Å². The lowest BCUT2D eigenvalue weighted by molar-refractivity contribution is 0.344. The first-order valence-electron chi connectivity index (χ1n) is 3.92. The van der Waals surface area contributed by atoms with Crippen LogP contribution in [0.5, 0.6) is 0 Å². The SMILES string of the molecule is CC[CH]N(CC)CCC. The minimum absolute atomic E-state index is 1.15. The van der Waals surface area contributed by atoms with Gasteiger partial charge < -0.3 is 0 Å². The number of rotatable bonds is 5. The zero-order chi connectivity index (χ0) is 7.11. The van der Waals surface area contributed by atoms with E-state index in [1.54, 1.807) is 0 Å². The molecule has 0 aromatic carbocycles. The Morgan fingerprint density at radius 2 is 1.89 bits per heavy atom. The summed E-state index contributed by atoms with van der Waals surface area (Å²) in [5.74, 6) is 0. The summed E-state index contributed by atoms with van der Waals surface area (Å²) in [6, 6.07) is 0. The fourth-order valence-electron chi connectivity index (χ4n) is 0.924. The van der Waals surface area contributed by atoms with Crippen LogP contribution in [0, 0.1) is 6.54 Å². The molecule has 0 fully saturated rings. The Hall–Kier alpha value is -0.0400. The van der Waals surface area contributed by atoms with E-state index in [-0.39, 0.29) is 0 Å². The second kappa shape index (κ2) is 6.09. The molecule has 0 aliphatic heterocycles. The topological polar surface area (TPSA) is 3.24 Å². The summed E-state index contributed by atoms with van der Waals surface area (Å²) >= 11 is 0. The maximum atomic E-state index is 2.36. The van der Waals surface area contributed by atoms with Gasteiger partial charge in [0.1, 0.15) is 0 Å². The van der Waals surface area contributed by atoms with Crippen molar-refractivity contribution in [3.8, 4) is 0 Å². The Kier molecular flexibility index (Phi) is 6.06. The van der Waals surface area contributed by atoms with Gasteiger partial charge in [-0.1, -0.05) is 20.8 Å². The third kappa shape index (κ3) is 4.46. The predicted octanol–water partition coefficient (Wildman–Crippen LogP) is 2.29. The van der Waals surface area contributed by atoms with Crippen LogP contribution >= 0.6 is 0 Å². The number of hydrogen-bond acceptors (Lipinski definition) is 1. The van der Waals surface area contributed by atoms with E-state index in [1.807, 2.05) is 0 Å². The average molecular weight is 128 g/mol. The summed E-state index contributed by atoms with van der Waals surface area (Å²) in [6.45, 7) is 11.2. The Morgan fingerprint density at radius 3 is 2.22 bits per heavy atom. The normalized spacial score (nSPS) is 10.7. The van der Waals surface area contributed by atoms with E-state index in [1.165, 1.54) is 13.0 Å². The number of hydrogen-bond donors (Lipinski definition) is 0. The minimum atomic E-state index is 1.15. The molecule has 0 saturated heterocycles. The van der Waals surface area contributed by atoms with Crippen molar-refractivity contribution in [2.45, 2.75) is 33.6 Å². The van der Waals surface area contributed by atoms with Crippen molar-refractivity contribution < 1.29 is 0 Å². The van der Waals surface area contributed by atoms with Gasteiger partial charge in [0.25, 0.3) is 0 Å². The fourth-order valence-corrected chi connectivity index (χ4v) is 0.924. The molecule has 0 heterocycles. The summed E-state index contributed by atoms with van der Waals surface area (Å²) in [6.07, 6.45) is 2.41. The molecule has 0 aromatic heterocycles. The highest BCUT2D eigenvalue weighted by atomic mass is 15.1. The van der Waals surface area contributed by atoms with Crippen molar-refractivity contribution in [1.29, 1.82) is 0 Å². The second-order valence-corrected chi connectivity index (χ2v) is 2.22. The van der Waals surface area contributed by atoms with Crippen LogP contribution < -0.4 is 0 Å². The van der Waals surface area contributed by atoms with Crippen LogP contribution in [0.15, 0.2) is 0 Å². The van der Waals surface area contributed by atoms with Gasteiger partial charge in [-0.05, 0) is 25.9 Å². The molecule has 0 rings (SSSR count). The molecule has 9 heavy (non-hydrogen) atoms. The van der Waals surface area contributed by atoms with Gasteiger partial charge in [0.15, 0.2) is 0 Å². The quantitative estimate of drug-likeness (QED) is 0.549. The standard InChI is InChI=1S/C8H18N/c1-4-7-9(6-3)8-5-2/h7H,4-6,8H2,1-3H3. The Balaban J connectivity index is 3.18. The molecular formula is C8H18N. The van der Waals surface area contributed by atoms with Crippen LogP contribution in [0.2, 0.25) is 0 Å². The zero-order valence-electron chi connectivity index (χ0n) is 6.85. The Bertz CT molecular complexity index is 46.5. The minimum Gasteiger partial charge on any atom is -0.299 e.